The second-order valence-corrected chi connectivity index (χ2v) is 4.25. The van der Waals surface area contributed by atoms with Crippen LogP contribution in [-0.4, -0.2) is 10.4 Å². The number of aryl methyl sites for hydroxylation is 2. The lowest BCUT2D eigenvalue weighted by atomic mass is 10.2. The van der Waals surface area contributed by atoms with Crippen LogP contribution in [0, 0.1) is 13.8 Å². The molecule has 0 unspecified atom stereocenters. The van der Waals surface area contributed by atoms with E-state index in [0.717, 1.165) is 11.1 Å². The minimum absolute atomic E-state index is 0.490. The maximum atomic E-state index is 9.95. The number of rotatable bonds is 3. The number of hydrogen-bond acceptors (Lipinski definition) is 4. The van der Waals surface area contributed by atoms with Gasteiger partial charge in [-0.2, -0.15) is 0 Å². The molecular formula is C14H16N2O2. The number of hydrazine groups is 1. The number of benzene rings is 2. The largest absolute Gasteiger partial charge is 0.267 e. The van der Waals surface area contributed by atoms with E-state index < -0.39 is 0 Å². The lowest BCUT2D eigenvalue weighted by Gasteiger charge is -2.26. The monoisotopic (exact) mass is 244 g/mol. The van der Waals surface area contributed by atoms with Gasteiger partial charge in [-0.25, -0.2) is 0 Å². The van der Waals surface area contributed by atoms with E-state index in [0.29, 0.717) is 21.7 Å². The van der Waals surface area contributed by atoms with Crippen molar-refractivity contribution in [2.75, 3.05) is 10.3 Å². The summed E-state index contributed by atoms with van der Waals surface area (Å²) in [4.78, 5) is 0. The van der Waals surface area contributed by atoms with E-state index >= 15 is 0 Å². The Balaban J connectivity index is 2.23. The van der Waals surface area contributed by atoms with Gasteiger partial charge in [0.05, 0.1) is 11.4 Å². The second kappa shape index (κ2) is 5.08. The number of hydrogen-bond donors (Lipinski definition) is 2. The molecule has 0 radical (unpaired) electrons. The first-order valence-electron chi connectivity index (χ1n) is 5.69. The van der Waals surface area contributed by atoms with Crippen molar-refractivity contribution in [2.24, 2.45) is 0 Å². The molecule has 18 heavy (non-hydrogen) atoms. The van der Waals surface area contributed by atoms with Crippen LogP contribution in [0.5, 0.6) is 0 Å². The highest BCUT2D eigenvalue weighted by molar-refractivity contribution is 5.54. The van der Waals surface area contributed by atoms with E-state index in [1.165, 1.54) is 0 Å². The molecule has 0 saturated carbocycles. The van der Waals surface area contributed by atoms with Gasteiger partial charge in [0.15, 0.2) is 0 Å². The third-order valence-corrected chi connectivity index (χ3v) is 2.68. The topological polar surface area (TPSA) is 46.9 Å². The normalized spacial score (nSPS) is 10.2. The zero-order valence-corrected chi connectivity index (χ0v) is 10.4. The smallest absolute Gasteiger partial charge is 0.0905 e. The first kappa shape index (κ1) is 12.4. The SMILES string of the molecule is Cc1ccc(N(O)N(O)c2cccc(C)c2)cc1. The van der Waals surface area contributed by atoms with Crippen LogP contribution in [0.15, 0.2) is 48.5 Å². The van der Waals surface area contributed by atoms with Crippen LogP contribution in [0.4, 0.5) is 11.4 Å². The fourth-order valence-electron chi connectivity index (χ4n) is 1.65. The molecule has 2 N–H and O–H groups in total. The highest BCUT2D eigenvalue weighted by atomic mass is 16.7. The molecule has 0 fully saturated rings. The maximum absolute atomic E-state index is 9.95. The van der Waals surface area contributed by atoms with Gasteiger partial charge in [0, 0.05) is 0 Å². The summed E-state index contributed by atoms with van der Waals surface area (Å²) in [6, 6.07) is 14.4. The van der Waals surface area contributed by atoms with Crippen LogP contribution in [0.2, 0.25) is 0 Å². The Morgan fingerprint density at radius 2 is 1.33 bits per heavy atom. The van der Waals surface area contributed by atoms with Gasteiger partial charge in [0.25, 0.3) is 0 Å². The van der Waals surface area contributed by atoms with Crippen molar-refractivity contribution in [3.63, 3.8) is 0 Å². The van der Waals surface area contributed by atoms with E-state index in [1.807, 2.05) is 38.1 Å². The van der Waals surface area contributed by atoms with Gasteiger partial charge in [0.1, 0.15) is 0 Å². The molecule has 0 spiro atoms. The van der Waals surface area contributed by atoms with Crippen molar-refractivity contribution in [1.82, 2.24) is 0 Å². The Kier molecular flexibility index (Phi) is 3.50. The summed E-state index contributed by atoms with van der Waals surface area (Å²) >= 11 is 0. The van der Waals surface area contributed by atoms with Gasteiger partial charge < -0.3 is 0 Å². The molecule has 0 heterocycles. The van der Waals surface area contributed by atoms with E-state index in [4.69, 9.17) is 0 Å². The summed E-state index contributed by atoms with van der Waals surface area (Å²) in [6.07, 6.45) is 0. The van der Waals surface area contributed by atoms with E-state index in [2.05, 4.69) is 0 Å². The van der Waals surface area contributed by atoms with Crippen LogP contribution in [0.1, 0.15) is 11.1 Å². The van der Waals surface area contributed by atoms with Gasteiger partial charge in [-0.1, -0.05) is 29.8 Å². The Morgan fingerprint density at radius 3 is 1.94 bits per heavy atom. The maximum Gasteiger partial charge on any atom is 0.0905 e. The molecule has 4 heteroatoms. The summed E-state index contributed by atoms with van der Waals surface area (Å²) in [7, 11) is 0. The minimum Gasteiger partial charge on any atom is -0.267 e. The van der Waals surface area contributed by atoms with Crippen molar-refractivity contribution in [2.45, 2.75) is 13.8 Å². The van der Waals surface area contributed by atoms with Gasteiger partial charge >= 0.3 is 0 Å². The Hall–Kier alpha value is -2.04. The molecule has 0 aliphatic heterocycles. The molecular weight excluding hydrogens is 228 g/mol. The fraction of sp³-hybridized carbons (Fsp3) is 0.143. The second-order valence-electron chi connectivity index (χ2n) is 4.25. The zero-order valence-electron chi connectivity index (χ0n) is 10.4. The lowest BCUT2D eigenvalue weighted by Crippen LogP contribution is -2.37. The van der Waals surface area contributed by atoms with Crippen molar-refractivity contribution in [3.05, 3.63) is 59.7 Å². The molecule has 2 aromatic carbocycles. The molecule has 2 aromatic rings. The Labute approximate surface area is 106 Å². The summed E-state index contributed by atoms with van der Waals surface area (Å²) in [5, 5.41) is 21.3. The van der Waals surface area contributed by atoms with Gasteiger partial charge in [0.2, 0.25) is 0 Å². The van der Waals surface area contributed by atoms with E-state index in [-0.39, 0.29) is 0 Å². The molecule has 0 atom stereocenters. The third-order valence-electron chi connectivity index (χ3n) is 2.68. The molecule has 0 aliphatic carbocycles. The molecule has 2 rings (SSSR count). The minimum atomic E-state index is 0.490. The van der Waals surface area contributed by atoms with Crippen molar-refractivity contribution >= 4 is 11.4 Å². The predicted octanol–water partition coefficient (Wildman–Crippen LogP) is 3.31. The summed E-state index contributed by atoms with van der Waals surface area (Å²) in [6.45, 7) is 3.88. The molecule has 0 amide bonds. The quantitative estimate of drug-likeness (QED) is 0.813. The summed E-state index contributed by atoms with van der Waals surface area (Å²) in [5.74, 6) is 0. The van der Waals surface area contributed by atoms with Crippen LogP contribution in [0.3, 0.4) is 0 Å². The van der Waals surface area contributed by atoms with Gasteiger partial charge in [-0.3, -0.25) is 10.4 Å². The van der Waals surface area contributed by atoms with Crippen molar-refractivity contribution in [1.29, 1.82) is 0 Å². The van der Waals surface area contributed by atoms with Crippen LogP contribution < -0.4 is 10.3 Å². The summed E-state index contributed by atoms with van der Waals surface area (Å²) in [5.41, 5.74) is 3.08. The van der Waals surface area contributed by atoms with Crippen LogP contribution in [-0.2, 0) is 0 Å². The van der Waals surface area contributed by atoms with Crippen molar-refractivity contribution < 1.29 is 10.4 Å². The zero-order chi connectivity index (χ0) is 13.1. The first-order chi connectivity index (χ1) is 8.58. The molecule has 0 saturated heterocycles. The molecule has 0 aliphatic rings. The van der Waals surface area contributed by atoms with Crippen LogP contribution >= 0.6 is 0 Å². The predicted molar refractivity (Wildman–Crippen MR) is 70.9 cm³/mol. The fourth-order valence-corrected chi connectivity index (χ4v) is 1.65. The summed E-state index contributed by atoms with van der Waals surface area (Å²) < 4.78 is 0. The van der Waals surface area contributed by atoms with Gasteiger partial charge in [-0.05, 0) is 43.7 Å². The van der Waals surface area contributed by atoms with Gasteiger partial charge in [-0.15, -0.1) is 10.3 Å². The number of anilines is 2. The molecule has 4 nitrogen and oxygen atoms in total. The Bertz CT molecular complexity index is 526. The molecule has 94 valence electrons. The molecule has 0 aromatic heterocycles. The molecule has 0 bridgehead atoms. The van der Waals surface area contributed by atoms with E-state index in [9.17, 15) is 10.4 Å². The average molecular weight is 244 g/mol. The Morgan fingerprint density at radius 1 is 0.722 bits per heavy atom. The highest BCUT2D eigenvalue weighted by Gasteiger charge is 2.12. The lowest BCUT2D eigenvalue weighted by molar-refractivity contribution is 0.118. The standard InChI is InChI=1S/C14H16N2O2/c1-11-6-8-13(9-7-11)15(17)16(18)14-5-3-4-12(2)10-14/h3-10,17-18H,1-2H3. The third kappa shape index (κ3) is 2.61. The van der Waals surface area contributed by atoms with Crippen LogP contribution in [0.25, 0.3) is 0 Å². The van der Waals surface area contributed by atoms with Crippen molar-refractivity contribution in [3.8, 4) is 0 Å². The highest BCUT2D eigenvalue weighted by Crippen LogP contribution is 2.20. The number of nitrogens with zero attached hydrogens (tertiary/aromatic N) is 2. The average Bonchev–Trinajstić information content (AvgIpc) is 2.38. The van der Waals surface area contributed by atoms with E-state index in [1.54, 1.807) is 24.3 Å². The first-order valence-corrected chi connectivity index (χ1v) is 5.69.